The maximum Gasteiger partial charge on any atom is 0.134 e. The van der Waals surface area contributed by atoms with Gasteiger partial charge in [-0.25, -0.2) is 9.97 Å². The van der Waals surface area contributed by atoms with E-state index in [0.717, 1.165) is 62.7 Å². The Kier molecular flexibility index (Phi) is 8.74. The number of unbranched alkanes of at least 4 members (excludes halogenated alkanes) is 1. The fourth-order valence-corrected chi connectivity index (χ4v) is 2.13. The Morgan fingerprint density at radius 3 is 2.52 bits per heavy atom. The SMILES string of the molecule is CCCCN(CCO)c1cc(NCCC)nc(CCC)n1. The molecule has 2 N–H and O–H groups in total. The first kappa shape index (κ1) is 17.7. The third-order valence-corrected chi connectivity index (χ3v) is 3.26. The Labute approximate surface area is 128 Å². The number of hydrogen-bond donors (Lipinski definition) is 2. The zero-order chi connectivity index (χ0) is 15.5. The molecule has 0 atom stereocenters. The standard InChI is InChI=1S/C16H30N4O/c1-4-7-10-20(11-12-21)16-13-15(17-9-6-3)18-14(19-16)8-5-2/h13,21H,4-12H2,1-3H3,(H,17,18,19). The van der Waals surface area contributed by atoms with E-state index in [1.807, 2.05) is 6.07 Å². The summed E-state index contributed by atoms with van der Waals surface area (Å²) in [5.41, 5.74) is 0. The fraction of sp³-hybridized carbons (Fsp3) is 0.750. The molecular weight excluding hydrogens is 264 g/mol. The van der Waals surface area contributed by atoms with E-state index >= 15 is 0 Å². The normalized spacial score (nSPS) is 10.7. The third kappa shape index (κ3) is 6.29. The topological polar surface area (TPSA) is 61.3 Å². The number of nitrogens with zero attached hydrogens (tertiary/aromatic N) is 3. The summed E-state index contributed by atoms with van der Waals surface area (Å²) in [6.45, 7) is 9.06. The number of anilines is 2. The highest BCUT2D eigenvalue weighted by molar-refractivity contribution is 5.49. The molecule has 21 heavy (non-hydrogen) atoms. The zero-order valence-electron chi connectivity index (χ0n) is 13.7. The van der Waals surface area contributed by atoms with Gasteiger partial charge in [0.25, 0.3) is 0 Å². The predicted molar refractivity (Wildman–Crippen MR) is 89.0 cm³/mol. The minimum atomic E-state index is 0.147. The lowest BCUT2D eigenvalue weighted by molar-refractivity contribution is 0.301. The van der Waals surface area contributed by atoms with E-state index in [0.29, 0.717) is 6.54 Å². The van der Waals surface area contributed by atoms with E-state index < -0.39 is 0 Å². The Bertz CT molecular complexity index is 398. The lowest BCUT2D eigenvalue weighted by Crippen LogP contribution is -2.29. The highest BCUT2D eigenvalue weighted by atomic mass is 16.3. The van der Waals surface area contributed by atoms with Crippen LogP contribution in [-0.2, 0) is 6.42 Å². The maximum atomic E-state index is 9.28. The molecule has 0 saturated carbocycles. The third-order valence-electron chi connectivity index (χ3n) is 3.26. The van der Waals surface area contributed by atoms with Crippen LogP contribution in [0.1, 0.15) is 52.3 Å². The van der Waals surface area contributed by atoms with Crippen LogP contribution in [0.2, 0.25) is 0 Å². The highest BCUT2D eigenvalue weighted by Gasteiger charge is 2.11. The molecule has 0 fully saturated rings. The van der Waals surface area contributed by atoms with Gasteiger partial charge in [0.1, 0.15) is 17.5 Å². The van der Waals surface area contributed by atoms with E-state index in [-0.39, 0.29) is 6.61 Å². The molecule has 5 heteroatoms. The van der Waals surface area contributed by atoms with E-state index in [2.05, 4.69) is 41.0 Å². The zero-order valence-corrected chi connectivity index (χ0v) is 13.7. The molecule has 1 aromatic rings. The Morgan fingerprint density at radius 1 is 1.10 bits per heavy atom. The van der Waals surface area contributed by atoms with Gasteiger partial charge in [-0.1, -0.05) is 27.2 Å². The van der Waals surface area contributed by atoms with Crippen LogP contribution in [0.4, 0.5) is 11.6 Å². The number of aryl methyl sites for hydroxylation is 1. The van der Waals surface area contributed by atoms with Gasteiger partial charge in [-0.15, -0.1) is 0 Å². The first-order valence-electron chi connectivity index (χ1n) is 8.22. The number of aromatic nitrogens is 2. The Morgan fingerprint density at radius 2 is 1.90 bits per heavy atom. The van der Waals surface area contributed by atoms with Crippen LogP contribution in [0, 0.1) is 0 Å². The Balaban J connectivity index is 2.96. The number of aliphatic hydroxyl groups is 1. The number of hydrogen-bond acceptors (Lipinski definition) is 5. The van der Waals surface area contributed by atoms with Crippen LogP contribution < -0.4 is 10.2 Å². The van der Waals surface area contributed by atoms with Crippen molar-refractivity contribution in [2.45, 2.75) is 52.9 Å². The highest BCUT2D eigenvalue weighted by Crippen LogP contribution is 2.17. The van der Waals surface area contributed by atoms with Crippen molar-refractivity contribution in [1.29, 1.82) is 0 Å². The van der Waals surface area contributed by atoms with E-state index in [1.54, 1.807) is 0 Å². The van der Waals surface area contributed by atoms with Crippen molar-refractivity contribution in [2.75, 3.05) is 36.5 Å². The number of nitrogens with one attached hydrogen (secondary N) is 1. The first-order valence-corrected chi connectivity index (χ1v) is 8.22. The van der Waals surface area contributed by atoms with Crippen molar-refractivity contribution >= 4 is 11.6 Å². The second-order valence-electron chi connectivity index (χ2n) is 5.27. The van der Waals surface area contributed by atoms with Crippen LogP contribution in [0.15, 0.2) is 6.07 Å². The summed E-state index contributed by atoms with van der Waals surface area (Å²) in [7, 11) is 0. The molecular formula is C16H30N4O. The second-order valence-corrected chi connectivity index (χ2v) is 5.27. The van der Waals surface area contributed by atoms with Crippen molar-refractivity contribution in [3.05, 3.63) is 11.9 Å². The van der Waals surface area contributed by atoms with E-state index in [9.17, 15) is 5.11 Å². The monoisotopic (exact) mass is 294 g/mol. The predicted octanol–water partition coefficient (Wildman–Crippen LogP) is 2.85. The largest absolute Gasteiger partial charge is 0.395 e. The molecule has 0 spiro atoms. The van der Waals surface area contributed by atoms with Gasteiger partial charge in [0.2, 0.25) is 0 Å². The van der Waals surface area contributed by atoms with Crippen molar-refractivity contribution in [3.63, 3.8) is 0 Å². The number of aliphatic hydroxyl groups excluding tert-OH is 1. The molecule has 0 radical (unpaired) electrons. The molecule has 1 rings (SSSR count). The lowest BCUT2D eigenvalue weighted by atomic mass is 10.3. The van der Waals surface area contributed by atoms with Crippen molar-refractivity contribution in [2.24, 2.45) is 0 Å². The van der Waals surface area contributed by atoms with Gasteiger partial charge in [0, 0.05) is 32.1 Å². The molecule has 0 aliphatic carbocycles. The van der Waals surface area contributed by atoms with Gasteiger partial charge >= 0.3 is 0 Å². The summed E-state index contributed by atoms with van der Waals surface area (Å²) in [6.07, 6.45) is 5.22. The number of rotatable bonds is 11. The molecule has 0 aliphatic rings. The molecule has 5 nitrogen and oxygen atoms in total. The molecule has 0 bridgehead atoms. The maximum absolute atomic E-state index is 9.28. The van der Waals surface area contributed by atoms with Gasteiger partial charge < -0.3 is 15.3 Å². The van der Waals surface area contributed by atoms with Crippen LogP contribution in [0.5, 0.6) is 0 Å². The summed E-state index contributed by atoms with van der Waals surface area (Å²) in [4.78, 5) is 11.4. The molecule has 0 amide bonds. The van der Waals surface area contributed by atoms with Crippen LogP contribution in [-0.4, -0.2) is 41.3 Å². The quantitative estimate of drug-likeness (QED) is 0.657. The molecule has 1 heterocycles. The summed E-state index contributed by atoms with van der Waals surface area (Å²) >= 11 is 0. The molecule has 1 aromatic heterocycles. The van der Waals surface area contributed by atoms with Crippen LogP contribution in [0.25, 0.3) is 0 Å². The van der Waals surface area contributed by atoms with Gasteiger partial charge in [-0.05, 0) is 19.3 Å². The van der Waals surface area contributed by atoms with E-state index in [1.165, 1.54) is 0 Å². The van der Waals surface area contributed by atoms with E-state index in [4.69, 9.17) is 0 Å². The minimum Gasteiger partial charge on any atom is -0.395 e. The minimum absolute atomic E-state index is 0.147. The summed E-state index contributed by atoms with van der Waals surface area (Å²) < 4.78 is 0. The van der Waals surface area contributed by atoms with Crippen LogP contribution >= 0.6 is 0 Å². The van der Waals surface area contributed by atoms with Gasteiger partial charge in [0.05, 0.1) is 6.61 Å². The fourth-order valence-electron chi connectivity index (χ4n) is 2.13. The Hall–Kier alpha value is -1.36. The van der Waals surface area contributed by atoms with Gasteiger partial charge in [-0.3, -0.25) is 0 Å². The van der Waals surface area contributed by atoms with Crippen LogP contribution in [0.3, 0.4) is 0 Å². The van der Waals surface area contributed by atoms with Gasteiger partial charge in [-0.2, -0.15) is 0 Å². The summed E-state index contributed by atoms with van der Waals surface area (Å²) in [5, 5.41) is 12.6. The molecule has 0 aliphatic heterocycles. The molecule has 0 unspecified atom stereocenters. The average molecular weight is 294 g/mol. The summed E-state index contributed by atoms with van der Waals surface area (Å²) in [6, 6.07) is 2.00. The van der Waals surface area contributed by atoms with Gasteiger partial charge in [0.15, 0.2) is 0 Å². The summed E-state index contributed by atoms with van der Waals surface area (Å²) in [5.74, 6) is 2.70. The smallest absolute Gasteiger partial charge is 0.134 e. The lowest BCUT2D eigenvalue weighted by Gasteiger charge is -2.23. The van der Waals surface area contributed by atoms with Crippen molar-refractivity contribution in [1.82, 2.24) is 9.97 Å². The van der Waals surface area contributed by atoms with Crippen molar-refractivity contribution in [3.8, 4) is 0 Å². The van der Waals surface area contributed by atoms with Crippen molar-refractivity contribution < 1.29 is 5.11 Å². The second kappa shape index (κ2) is 10.4. The molecule has 120 valence electrons. The first-order chi connectivity index (χ1) is 10.2. The molecule has 0 aromatic carbocycles. The molecule has 0 saturated heterocycles. The average Bonchev–Trinajstić information content (AvgIpc) is 2.49.